The summed E-state index contributed by atoms with van der Waals surface area (Å²) in [5.41, 5.74) is 5.77. The summed E-state index contributed by atoms with van der Waals surface area (Å²) in [5, 5.41) is 0. The van der Waals surface area contributed by atoms with E-state index in [1.54, 1.807) is 6.07 Å². The first-order chi connectivity index (χ1) is 9.86. The van der Waals surface area contributed by atoms with Gasteiger partial charge >= 0.3 is 0 Å². The highest BCUT2D eigenvalue weighted by molar-refractivity contribution is 7.89. The molecular formula is C14H23N3O2S2. The van der Waals surface area contributed by atoms with Crippen LogP contribution in [-0.2, 0) is 10.0 Å². The summed E-state index contributed by atoms with van der Waals surface area (Å²) < 4.78 is 27.4. The Morgan fingerprint density at radius 3 is 2.67 bits per heavy atom. The number of nitrogens with two attached hydrogens (primary N) is 1. The van der Waals surface area contributed by atoms with E-state index in [9.17, 15) is 8.42 Å². The zero-order chi connectivity index (χ0) is 16.0. The fourth-order valence-corrected chi connectivity index (χ4v) is 4.13. The van der Waals surface area contributed by atoms with E-state index in [1.165, 1.54) is 16.6 Å². The van der Waals surface area contributed by atoms with Gasteiger partial charge in [0.05, 0.1) is 0 Å². The molecule has 0 aliphatic rings. The summed E-state index contributed by atoms with van der Waals surface area (Å²) in [6, 6.07) is 3.02. The van der Waals surface area contributed by atoms with Crippen molar-refractivity contribution in [2.75, 3.05) is 6.54 Å². The van der Waals surface area contributed by atoms with Crippen molar-refractivity contribution in [1.29, 1.82) is 0 Å². The monoisotopic (exact) mass is 329 g/mol. The van der Waals surface area contributed by atoms with Crippen LogP contribution in [0.3, 0.4) is 0 Å². The molecule has 118 valence electrons. The van der Waals surface area contributed by atoms with Gasteiger partial charge in [-0.05, 0) is 31.9 Å². The lowest BCUT2D eigenvalue weighted by molar-refractivity contribution is 0.324. The second kappa shape index (κ2) is 7.82. The Morgan fingerprint density at radius 2 is 2.14 bits per heavy atom. The van der Waals surface area contributed by atoms with E-state index < -0.39 is 10.0 Å². The highest BCUT2D eigenvalue weighted by atomic mass is 32.2. The second-order valence-corrected chi connectivity index (χ2v) is 7.24. The first-order valence-electron chi connectivity index (χ1n) is 7.12. The lowest BCUT2D eigenvalue weighted by Gasteiger charge is -2.28. The molecule has 0 saturated carbocycles. The fraction of sp³-hybridized carbons (Fsp3) is 0.571. The molecule has 0 fully saturated rings. The molecule has 1 aromatic rings. The van der Waals surface area contributed by atoms with Gasteiger partial charge in [-0.1, -0.05) is 32.5 Å². The Bertz CT molecular complexity index is 588. The molecular weight excluding hydrogens is 306 g/mol. The summed E-state index contributed by atoms with van der Waals surface area (Å²) in [5.74, 6) is 0. The van der Waals surface area contributed by atoms with Crippen LogP contribution in [0, 0.1) is 0 Å². The van der Waals surface area contributed by atoms with Gasteiger partial charge in [-0.2, -0.15) is 4.31 Å². The Hall–Kier alpha value is -1.05. The molecule has 0 aromatic carbocycles. The van der Waals surface area contributed by atoms with Crippen LogP contribution in [0.1, 0.15) is 45.7 Å². The van der Waals surface area contributed by atoms with E-state index in [0.29, 0.717) is 6.54 Å². The molecule has 1 heterocycles. The van der Waals surface area contributed by atoms with Crippen molar-refractivity contribution >= 4 is 27.2 Å². The highest BCUT2D eigenvalue weighted by Crippen LogP contribution is 2.22. The van der Waals surface area contributed by atoms with Crippen LogP contribution in [-0.4, -0.2) is 35.3 Å². The summed E-state index contributed by atoms with van der Waals surface area (Å²) in [6.45, 7) is 6.40. The van der Waals surface area contributed by atoms with Crippen LogP contribution in [0.25, 0.3) is 0 Å². The SMILES string of the molecule is CCCCN(C(C)CC)S(=O)(=O)c1cccnc1C(N)=S. The third-order valence-corrected chi connectivity index (χ3v) is 5.64. The quantitative estimate of drug-likeness (QED) is 0.741. The zero-order valence-corrected chi connectivity index (χ0v) is 14.4. The summed E-state index contributed by atoms with van der Waals surface area (Å²) in [6.07, 6.45) is 3.97. The molecule has 21 heavy (non-hydrogen) atoms. The topological polar surface area (TPSA) is 76.3 Å². The predicted molar refractivity (Wildman–Crippen MR) is 88.7 cm³/mol. The van der Waals surface area contributed by atoms with Gasteiger partial charge in [0.2, 0.25) is 10.0 Å². The number of pyridine rings is 1. The van der Waals surface area contributed by atoms with Gasteiger partial charge in [0.1, 0.15) is 15.6 Å². The van der Waals surface area contributed by atoms with Crippen molar-refractivity contribution in [3.8, 4) is 0 Å². The number of unbranched alkanes of at least 4 members (excludes halogenated alkanes) is 1. The zero-order valence-electron chi connectivity index (χ0n) is 12.7. The minimum absolute atomic E-state index is 0.00577. The van der Waals surface area contributed by atoms with Gasteiger partial charge in [-0.3, -0.25) is 4.98 Å². The van der Waals surface area contributed by atoms with Crippen LogP contribution >= 0.6 is 12.2 Å². The molecule has 1 rings (SSSR count). The smallest absolute Gasteiger partial charge is 0.245 e. The molecule has 0 amide bonds. The minimum atomic E-state index is -3.66. The number of rotatable bonds is 8. The van der Waals surface area contributed by atoms with Crippen LogP contribution < -0.4 is 5.73 Å². The van der Waals surface area contributed by atoms with Crippen molar-refractivity contribution < 1.29 is 8.42 Å². The van der Waals surface area contributed by atoms with Crippen molar-refractivity contribution in [2.45, 2.75) is 51.0 Å². The van der Waals surface area contributed by atoms with Gasteiger partial charge in [-0.15, -0.1) is 0 Å². The first kappa shape index (κ1) is 18.0. The Morgan fingerprint density at radius 1 is 1.48 bits per heavy atom. The van der Waals surface area contributed by atoms with E-state index in [0.717, 1.165) is 19.3 Å². The first-order valence-corrected chi connectivity index (χ1v) is 8.97. The maximum atomic E-state index is 12.9. The molecule has 5 nitrogen and oxygen atoms in total. The molecule has 0 spiro atoms. The lowest BCUT2D eigenvalue weighted by atomic mass is 10.2. The van der Waals surface area contributed by atoms with Crippen LogP contribution in [0.15, 0.2) is 23.2 Å². The number of nitrogens with zero attached hydrogens (tertiary/aromatic N) is 2. The highest BCUT2D eigenvalue weighted by Gasteiger charge is 2.30. The number of hydrogen-bond acceptors (Lipinski definition) is 4. The van der Waals surface area contributed by atoms with E-state index in [1.807, 2.05) is 20.8 Å². The standard InChI is InChI=1S/C14H23N3O2S2/c1-4-6-10-17(11(3)5-2)21(18,19)12-8-7-9-16-13(12)14(15)20/h7-9,11H,4-6,10H2,1-3H3,(H2,15,20). The maximum absolute atomic E-state index is 12.9. The fourth-order valence-electron chi connectivity index (χ4n) is 2.01. The average Bonchev–Trinajstić information content (AvgIpc) is 2.47. The summed E-state index contributed by atoms with van der Waals surface area (Å²) in [4.78, 5) is 4.11. The molecule has 1 aromatic heterocycles. The molecule has 0 radical (unpaired) electrons. The summed E-state index contributed by atoms with van der Waals surface area (Å²) >= 11 is 4.92. The van der Waals surface area contributed by atoms with E-state index in [4.69, 9.17) is 18.0 Å². The number of aromatic nitrogens is 1. The van der Waals surface area contributed by atoms with Crippen LogP contribution in [0.2, 0.25) is 0 Å². The number of thiocarbonyl (C=S) groups is 1. The van der Waals surface area contributed by atoms with Crippen molar-refractivity contribution in [3.05, 3.63) is 24.0 Å². The number of sulfonamides is 1. The molecule has 1 unspecified atom stereocenters. The molecule has 0 aliphatic carbocycles. The minimum Gasteiger partial charge on any atom is -0.388 e. The van der Waals surface area contributed by atoms with Crippen LogP contribution in [0.5, 0.6) is 0 Å². The largest absolute Gasteiger partial charge is 0.388 e. The molecule has 0 aliphatic heterocycles. The van der Waals surface area contributed by atoms with E-state index in [-0.39, 0.29) is 21.6 Å². The Labute approximate surface area is 132 Å². The van der Waals surface area contributed by atoms with Gasteiger partial charge in [0, 0.05) is 18.8 Å². The normalized spacial score (nSPS) is 13.3. The van der Waals surface area contributed by atoms with Gasteiger partial charge in [0.15, 0.2) is 0 Å². The molecule has 1 atom stereocenters. The molecule has 7 heteroatoms. The molecule has 0 saturated heterocycles. The molecule has 0 bridgehead atoms. The van der Waals surface area contributed by atoms with E-state index >= 15 is 0 Å². The van der Waals surface area contributed by atoms with Gasteiger partial charge < -0.3 is 5.73 Å². The lowest BCUT2D eigenvalue weighted by Crippen LogP contribution is -2.40. The Kier molecular flexibility index (Phi) is 6.70. The van der Waals surface area contributed by atoms with Gasteiger partial charge in [-0.25, -0.2) is 8.42 Å². The van der Waals surface area contributed by atoms with Crippen molar-refractivity contribution in [2.24, 2.45) is 5.73 Å². The third kappa shape index (κ3) is 4.21. The summed E-state index contributed by atoms with van der Waals surface area (Å²) in [7, 11) is -3.66. The van der Waals surface area contributed by atoms with E-state index in [2.05, 4.69) is 4.98 Å². The number of hydrogen-bond donors (Lipinski definition) is 1. The van der Waals surface area contributed by atoms with Crippen LogP contribution in [0.4, 0.5) is 0 Å². The van der Waals surface area contributed by atoms with Gasteiger partial charge in [0.25, 0.3) is 0 Å². The average molecular weight is 329 g/mol. The van der Waals surface area contributed by atoms with Crippen molar-refractivity contribution in [1.82, 2.24) is 9.29 Å². The molecule has 2 N–H and O–H groups in total. The Balaban J connectivity index is 3.32. The maximum Gasteiger partial charge on any atom is 0.245 e. The predicted octanol–water partition coefficient (Wildman–Crippen LogP) is 2.31. The van der Waals surface area contributed by atoms with Crippen molar-refractivity contribution in [3.63, 3.8) is 0 Å². The third-order valence-electron chi connectivity index (χ3n) is 3.41. The second-order valence-electron chi connectivity index (χ2n) is 4.94.